The summed E-state index contributed by atoms with van der Waals surface area (Å²) >= 11 is 0. The lowest BCUT2D eigenvalue weighted by molar-refractivity contribution is -0.384. The van der Waals surface area contributed by atoms with Crippen LogP contribution in [0.3, 0.4) is 0 Å². The highest BCUT2D eigenvalue weighted by molar-refractivity contribution is 7.92. The number of nitrogens with one attached hydrogen (secondary N) is 1. The lowest BCUT2D eigenvalue weighted by atomic mass is 10.1. The van der Waals surface area contributed by atoms with Gasteiger partial charge in [0.1, 0.15) is 18.3 Å². The van der Waals surface area contributed by atoms with Gasteiger partial charge in [0.2, 0.25) is 11.8 Å². The number of hydrogen-bond acceptors (Lipinski definition) is 7. The van der Waals surface area contributed by atoms with E-state index in [-0.39, 0.29) is 28.7 Å². The summed E-state index contributed by atoms with van der Waals surface area (Å²) in [4.78, 5) is 38.6. The first kappa shape index (κ1) is 30.1. The summed E-state index contributed by atoms with van der Waals surface area (Å²) in [6.45, 7) is 3.26. The van der Waals surface area contributed by atoms with Crippen molar-refractivity contribution in [1.29, 1.82) is 0 Å². The van der Waals surface area contributed by atoms with Crippen molar-refractivity contribution in [2.24, 2.45) is 0 Å². The summed E-state index contributed by atoms with van der Waals surface area (Å²) in [6.07, 6.45) is 0.700. The van der Waals surface area contributed by atoms with Crippen LogP contribution in [0.1, 0.15) is 25.8 Å². The van der Waals surface area contributed by atoms with E-state index in [0.717, 1.165) is 4.31 Å². The number of anilines is 1. The number of methoxy groups -OCH3 is 1. The molecule has 11 nitrogen and oxygen atoms in total. The Labute approximate surface area is 233 Å². The molecule has 0 saturated carbocycles. The zero-order chi connectivity index (χ0) is 29.3. The number of rotatable bonds is 13. The minimum absolute atomic E-state index is 0.0101. The second-order valence-corrected chi connectivity index (χ2v) is 10.8. The molecule has 3 rings (SSSR count). The average Bonchev–Trinajstić information content (AvgIpc) is 2.97. The standard InChI is InChI=1S/C28H32N4O7S/c1-4-17-29-28(34)21(2)30(19-22-9-8-10-25(18-22)39-3)27(33)20-31(23-13-15-24(16-14-23)32(35)36)40(37,38)26-11-6-5-7-12-26/h5-16,18,21H,4,17,19-20H2,1-3H3,(H,29,34). The van der Waals surface area contributed by atoms with Crippen molar-refractivity contribution in [3.63, 3.8) is 0 Å². The predicted octanol–water partition coefficient (Wildman–Crippen LogP) is 3.74. The number of non-ortho nitro benzene ring substituents is 1. The number of sulfonamides is 1. The van der Waals surface area contributed by atoms with E-state index in [0.29, 0.717) is 24.3 Å². The number of benzene rings is 3. The van der Waals surface area contributed by atoms with Crippen LogP contribution in [0.2, 0.25) is 0 Å². The zero-order valence-corrected chi connectivity index (χ0v) is 23.3. The fraction of sp³-hybridized carbons (Fsp3) is 0.286. The summed E-state index contributed by atoms with van der Waals surface area (Å²) in [7, 11) is -2.75. The van der Waals surface area contributed by atoms with E-state index in [1.54, 1.807) is 49.4 Å². The molecule has 40 heavy (non-hydrogen) atoms. The van der Waals surface area contributed by atoms with Crippen LogP contribution < -0.4 is 14.4 Å². The van der Waals surface area contributed by atoms with Gasteiger partial charge in [-0.2, -0.15) is 0 Å². The van der Waals surface area contributed by atoms with Gasteiger partial charge in [-0.15, -0.1) is 0 Å². The van der Waals surface area contributed by atoms with Crippen LogP contribution in [-0.4, -0.2) is 56.3 Å². The number of carbonyl (C=O) groups is 2. The zero-order valence-electron chi connectivity index (χ0n) is 22.5. The molecule has 0 fully saturated rings. The van der Waals surface area contributed by atoms with E-state index in [1.165, 1.54) is 48.4 Å². The molecular weight excluding hydrogens is 536 g/mol. The first-order valence-corrected chi connectivity index (χ1v) is 14.0. The van der Waals surface area contributed by atoms with E-state index in [1.807, 2.05) is 6.92 Å². The number of carbonyl (C=O) groups excluding carboxylic acids is 2. The van der Waals surface area contributed by atoms with Gasteiger partial charge in [0, 0.05) is 25.2 Å². The molecule has 0 heterocycles. The summed E-state index contributed by atoms with van der Waals surface area (Å²) in [6, 6.07) is 18.5. The van der Waals surface area contributed by atoms with Gasteiger partial charge in [-0.1, -0.05) is 37.3 Å². The lowest BCUT2D eigenvalue weighted by Gasteiger charge is -2.32. The second-order valence-electron chi connectivity index (χ2n) is 8.94. The molecule has 0 saturated heterocycles. The third kappa shape index (κ3) is 7.35. The van der Waals surface area contributed by atoms with Gasteiger partial charge in [-0.3, -0.25) is 24.0 Å². The maximum atomic E-state index is 13.9. The Morgan fingerprint density at radius 2 is 1.70 bits per heavy atom. The number of nitrogens with zero attached hydrogens (tertiary/aromatic N) is 3. The van der Waals surface area contributed by atoms with E-state index >= 15 is 0 Å². The molecule has 3 aromatic carbocycles. The lowest BCUT2D eigenvalue weighted by Crippen LogP contribution is -2.51. The first-order chi connectivity index (χ1) is 19.1. The predicted molar refractivity (Wildman–Crippen MR) is 150 cm³/mol. The largest absolute Gasteiger partial charge is 0.497 e. The SMILES string of the molecule is CCCNC(=O)C(C)N(Cc1cccc(OC)c1)C(=O)CN(c1ccc([N+](=O)[O-])cc1)S(=O)(=O)c1ccccc1. The molecule has 2 amide bonds. The van der Waals surface area contributed by atoms with Crippen LogP contribution in [0.5, 0.6) is 5.75 Å². The second kappa shape index (κ2) is 13.6. The van der Waals surface area contributed by atoms with E-state index in [9.17, 15) is 28.1 Å². The molecule has 0 aromatic heterocycles. The number of nitro groups is 1. The highest BCUT2D eigenvalue weighted by Crippen LogP contribution is 2.26. The van der Waals surface area contributed by atoms with Crippen LogP contribution in [0.15, 0.2) is 83.8 Å². The minimum atomic E-state index is -4.26. The maximum absolute atomic E-state index is 13.9. The molecule has 1 unspecified atom stereocenters. The van der Waals surface area contributed by atoms with Gasteiger partial charge >= 0.3 is 0 Å². The molecular formula is C28H32N4O7S. The van der Waals surface area contributed by atoms with Crippen LogP contribution in [0, 0.1) is 10.1 Å². The molecule has 0 aliphatic rings. The van der Waals surface area contributed by atoms with Crippen molar-refractivity contribution in [2.45, 2.75) is 37.8 Å². The summed E-state index contributed by atoms with van der Waals surface area (Å²) in [5.74, 6) is -0.460. The Morgan fingerprint density at radius 3 is 2.30 bits per heavy atom. The fourth-order valence-corrected chi connectivity index (χ4v) is 5.37. The van der Waals surface area contributed by atoms with Crippen LogP contribution in [0.25, 0.3) is 0 Å². The Balaban J connectivity index is 2.03. The smallest absolute Gasteiger partial charge is 0.269 e. The summed E-state index contributed by atoms with van der Waals surface area (Å²) in [5, 5.41) is 13.9. The monoisotopic (exact) mass is 568 g/mol. The molecule has 3 aromatic rings. The van der Waals surface area contributed by atoms with Gasteiger partial charge in [-0.05, 0) is 55.3 Å². The van der Waals surface area contributed by atoms with Gasteiger partial charge in [0.05, 0.1) is 22.6 Å². The third-order valence-electron chi connectivity index (χ3n) is 6.16. The Kier molecular flexibility index (Phi) is 10.2. The van der Waals surface area contributed by atoms with Crippen molar-refractivity contribution in [3.8, 4) is 5.75 Å². The van der Waals surface area contributed by atoms with Gasteiger partial charge in [-0.25, -0.2) is 8.42 Å². The van der Waals surface area contributed by atoms with E-state index in [4.69, 9.17) is 4.74 Å². The van der Waals surface area contributed by atoms with Crippen LogP contribution in [-0.2, 0) is 26.2 Å². The third-order valence-corrected chi connectivity index (χ3v) is 7.95. The minimum Gasteiger partial charge on any atom is -0.497 e. The molecule has 12 heteroatoms. The van der Waals surface area contributed by atoms with Gasteiger partial charge in [0.15, 0.2) is 0 Å². The van der Waals surface area contributed by atoms with Gasteiger partial charge in [0.25, 0.3) is 15.7 Å². The summed E-state index contributed by atoms with van der Waals surface area (Å²) in [5.41, 5.74) is 0.510. The molecule has 0 aliphatic heterocycles. The number of amides is 2. The van der Waals surface area contributed by atoms with Gasteiger partial charge < -0.3 is 15.0 Å². The fourth-order valence-electron chi connectivity index (χ4n) is 3.94. The summed E-state index contributed by atoms with van der Waals surface area (Å²) < 4.78 is 33.6. The molecule has 1 N–H and O–H groups in total. The molecule has 0 radical (unpaired) electrons. The topological polar surface area (TPSA) is 139 Å². The van der Waals surface area contributed by atoms with Crippen molar-refractivity contribution < 1.29 is 27.7 Å². The molecule has 0 spiro atoms. The van der Waals surface area contributed by atoms with Crippen molar-refractivity contribution in [1.82, 2.24) is 10.2 Å². The quantitative estimate of drug-likeness (QED) is 0.245. The Bertz CT molecular complexity index is 1430. The molecule has 0 bridgehead atoms. The van der Waals surface area contributed by atoms with Crippen LogP contribution in [0.4, 0.5) is 11.4 Å². The van der Waals surface area contributed by atoms with Crippen molar-refractivity contribution in [3.05, 3.63) is 94.5 Å². The van der Waals surface area contributed by atoms with Crippen molar-refractivity contribution >= 4 is 33.2 Å². The molecule has 1 atom stereocenters. The van der Waals surface area contributed by atoms with Crippen molar-refractivity contribution in [2.75, 3.05) is 24.5 Å². The number of ether oxygens (including phenoxy) is 1. The average molecular weight is 569 g/mol. The maximum Gasteiger partial charge on any atom is 0.269 e. The first-order valence-electron chi connectivity index (χ1n) is 12.6. The molecule has 212 valence electrons. The van der Waals surface area contributed by atoms with Crippen LogP contribution >= 0.6 is 0 Å². The highest BCUT2D eigenvalue weighted by Gasteiger charge is 2.32. The Morgan fingerprint density at radius 1 is 1.02 bits per heavy atom. The highest BCUT2D eigenvalue weighted by atomic mass is 32.2. The molecule has 0 aliphatic carbocycles. The normalized spacial score (nSPS) is 11.8. The van der Waals surface area contributed by atoms with E-state index in [2.05, 4.69) is 5.32 Å². The number of nitro benzene ring substituents is 1. The Hall–Kier alpha value is -4.45. The number of hydrogen-bond donors (Lipinski definition) is 1. The van der Waals surface area contributed by atoms with E-state index < -0.39 is 33.4 Å².